The zero-order valence-electron chi connectivity index (χ0n) is 6.78. The molecule has 0 aliphatic carbocycles. The Bertz CT molecular complexity index is 370. The molecule has 1 unspecified atom stereocenters. The largest absolute Gasteiger partial charge is 0.418 e. The van der Waals surface area contributed by atoms with Crippen molar-refractivity contribution in [3.8, 4) is 6.07 Å². The van der Waals surface area contributed by atoms with E-state index in [1.165, 1.54) is 18.3 Å². The minimum atomic E-state index is -4.78. The van der Waals surface area contributed by atoms with Crippen molar-refractivity contribution in [3.05, 3.63) is 29.6 Å². The van der Waals surface area contributed by atoms with Gasteiger partial charge >= 0.3 is 6.18 Å². The standard InChI is InChI=1S/C8H5F3N2O/c9-8(10,11)7(14)5-2-1-3-13-6(5)4-12/h1-3,7,14H. The monoisotopic (exact) mass is 202 g/mol. The van der Waals surface area contributed by atoms with Crippen molar-refractivity contribution in [1.82, 2.24) is 4.98 Å². The van der Waals surface area contributed by atoms with Crippen LogP contribution in [0.4, 0.5) is 13.2 Å². The smallest absolute Gasteiger partial charge is 0.379 e. The Morgan fingerprint density at radius 3 is 2.64 bits per heavy atom. The molecule has 1 atom stereocenters. The van der Waals surface area contributed by atoms with Gasteiger partial charge in [0.15, 0.2) is 6.10 Å². The fourth-order valence-corrected chi connectivity index (χ4v) is 0.908. The van der Waals surface area contributed by atoms with E-state index in [0.29, 0.717) is 0 Å². The second-order valence-electron chi connectivity index (χ2n) is 2.50. The number of hydrogen-bond acceptors (Lipinski definition) is 3. The molecule has 74 valence electrons. The van der Waals surface area contributed by atoms with E-state index in [1.54, 1.807) is 0 Å². The van der Waals surface area contributed by atoms with Gasteiger partial charge in [-0.1, -0.05) is 6.07 Å². The van der Waals surface area contributed by atoms with Gasteiger partial charge in [-0.15, -0.1) is 0 Å². The summed E-state index contributed by atoms with van der Waals surface area (Å²) in [4.78, 5) is 3.41. The summed E-state index contributed by atoms with van der Waals surface area (Å²) in [7, 11) is 0. The van der Waals surface area contributed by atoms with Crippen LogP contribution in [0.3, 0.4) is 0 Å². The topological polar surface area (TPSA) is 56.9 Å². The van der Waals surface area contributed by atoms with Crippen molar-refractivity contribution in [1.29, 1.82) is 5.26 Å². The average molecular weight is 202 g/mol. The second-order valence-corrected chi connectivity index (χ2v) is 2.50. The number of pyridine rings is 1. The van der Waals surface area contributed by atoms with Crippen LogP contribution < -0.4 is 0 Å². The van der Waals surface area contributed by atoms with Gasteiger partial charge in [-0.05, 0) is 6.07 Å². The van der Waals surface area contributed by atoms with Crippen molar-refractivity contribution in [3.63, 3.8) is 0 Å². The second kappa shape index (κ2) is 3.64. The molecule has 14 heavy (non-hydrogen) atoms. The highest BCUT2D eigenvalue weighted by Crippen LogP contribution is 2.33. The number of aliphatic hydroxyl groups excluding tert-OH is 1. The molecule has 1 rings (SSSR count). The molecule has 0 amide bonds. The van der Waals surface area contributed by atoms with E-state index >= 15 is 0 Å². The Hall–Kier alpha value is -1.61. The number of aromatic nitrogens is 1. The van der Waals surface area contributed by atoms with Gasteiger partial charge < -0.3 is 5.11 Å². The first-order valence-electron chi connectivity index (χ1n) is 3.56. The van der Waals surface area contributed by atoms with Crippen LogP contribution in [0.15, 0.2) is 18.3 Å². The molecule has 0 saturated carbocycles. The summed E-state index contributed by atoms with van der Waals surface area (Å²) in [5, 5.41) is 17.3. The third-order valence-corrected chi connectivity index (χ3v) is 1.55. The van der Waals surface area contributed by atoms with Gasteiger partial charge in [0.25, 0.3) is 0 Å². The maximum atomic E-state index is 12.1. The maximum absolute atomic E-state index is 12.1. The minimum Gasteiger partial charge on any atom is -0.379 e. The summed E-state index contributed by atoms with van der Waals surface area (Å²) in [6.07, 6.45) is -6.26. The first-order chi connectivity index (χ1) is 6.46. The Balaban J connectivity index is 3.14. The molecule has 0 aliphatic rings. The van der Waals surface area contributed by atoms with Crippen molar-refractivity contribution in [2.45, 2.75) is 12.3 Å². The van der Waals surface area contributed by atoms with Gasteiger partial charge in [-0.3, -0.25) is 0 Å². The van der Waals surface area contributed by atoms with Crippen LogP contribution >= 0.6 is 0 Å². The molecule has 0 aliphatic heterocycles. The quantitative estimate of drug-likeness (QED) is 0.751. The third-order valence-electron chi connectivity index (χ3n) is 1.55. The van der Waals surface area contributed by atoms with Crippen LogP contribution in [-0.4, -0.2) is 16.3 Å². The molecule has 0 radical (unpaired) electrons. The van der Waals surface area contributed by atoms with Gasteiger partial charge in [0, 0.05) is 11.8 Å². The fraction of sp³-hybridized carbons (Fsp3) is 0.250. The summed E-state index contributed by atoms with van der Waals surface area (Å²) < 4.78 is 36.2. The molecule has 1 aromatic rings. The minimum absolute atomic E-state index is 0.419. The molecule has 0 fully saturated rings. The predicted molar refractivity (Wildman–Crippen MR) is 40.0 cm³/mol. The molecule has 1 heterocycles. The highest BCUT2D eigenvalue weighted by Gasteiger charge is 2.40. The fourth-order valence-electron chi connectivity index (χ4n) is 0.908. The molecule has 0 bridgehead atoms. The van der Waals surface area contributed by atoms with E-state index in [0.717, 1.165) is 6.07 Å². The zero-order valence-corrected chi connectivity index (χ0v) is 6.78. The average Bonchev–Trinajstić information content (AvgIpc) is 2.15. The lowest BCUT2D eigenvalue weighted by Gasteiger charge is -2.14. The molecule has 0 saturated heterocycles. The summed E-state index contributed by atoms with van der Waals surface area (Å²) in [5.74, 6) is 0. The van der Waals surface area contributed by atoms with E-state index in [4.69, 9.17) is 10.4 Å². The predicted octanol–water partition coefficient (Wildman–Crippen LogP) is 1.55. The summed E-state index contributed by atoms with van der Waals surface area (Å²) >= 11 is 0. The van der Waals surface area contributed by atoms with E-state index in [-0.39, 0.29) is 0 Å². The first-order valence-corrected chi connectivity index (χ1v) is 3.56. The van der Waals surface area contributed by atoms with Gasteiger partial charge in [-0.25, -0.2) is 4.98 Å². The lowest BCUT2D eigenvalue weighted by atomic mass is 10.1. The van der Waals surface area contributed by atoms with Crippen molar-refractivity contribution in [2.75, 3.05) is 0 Å². The summed E-state index contributed by atoms with van der Waals surface area (Å²) in [6.45, 7) is 0. The van der Waals surface area contributed by atoms with Crippen LogP contribution in [0.25, 0.3) is 0 Å². The number of nitrogens with zero attached hydrogens (tertiary/aromatic N) is 2. The zero-order chi connectivity index (χ0) is 10.8. The molecule has 0 aromatic carbocycles. The van der Waals surface area contributed by atoms with Crippen LogP contribution in [0.1, 0.15) is 17.4 Å². The molecule has 1 N–H and O–H groups in total. The SMILES string of the molecule is N#Cc1ncccc1C(O)C(F)(F)F. The lowest BCUT2D eigenvalue weighted by Crippen LogP contribution is -2.21. The van der Waals surface area contributed by atoms with E-state index in [9.17, 15) is 13.2 Å². The van der Waals surface area contributed by atoms with Gasteiger partial charge in [0.1, 0.15) is 11.8 Å². The van der Waals surface area contributed by atoms with Crippen molar-refractivity contribution < 1.29 is 18.3 Å². The Morgan fingerprint density at radius 1 is 1.50 bits per heavy atom. The van der Waals surface area contributed by atoms with Crippen molar-refractivity contribution in [2.24, 2.45) is 0 Å². The van der Waals surface area contributed by atoms with Crippen molar-refractivity contribution >= 4 is 0 Å². The molecule has 1 aromatic heterocycles. The maximum Gasteiger partial charge on any atom is 0.418 e. The Labute approximate surface area is 77.4 Å². The number of nitriles is 1. The van der Waals surface area contributed by atoms with Crippen LogP contribution in [0.2, 0.25) is 0 Å². The van der Waals surface area contributed by atoms with E-state index in [2.05, 4.69) is 4.98 Å². The number of rotatable bonds is 1. The van der Waals surface area contributed by atoms with Crippen LogP contribution in [0.5, 0.6) is 0 Å². The summed E-state index contributed by atoms with van der Waals surface area (Å²) in [6, 6.07) is 3.72. The van der Waals surface area contributed by atoms with Gasteiger partial charge in [0.05, 0.1) is 0 Å². The molecule has 3 nitrogen and oxygen atoms in total. The molecule has 0 spiro atoms. The highest BCUT2D eigenvalue weighted by molar-refractivity contribution is 5.32. The van der Waals surface area contributed by atoms with Crippen LogP contribution in [0, 0.1) is 11.3 Å². The van der Waals surface area contributed by atoms with Gasteiger partial charge in [0.2, 0.25) is 0 Å². The number of hydrogen-bond donors (Lipinski definition) is 1. The number of aliphatic hydroxyl groups is 1. The first kappa shape index (κ1) is 10.5. The molecular weight excluding hydrogens is 197 g/mol. The van der Waals surface area contributed by atoms with E-state index < -0.39 is 23.5 Å². The Kier molecular flexibility index (Phi) is 2.72. The number of halogens is 3. The Morgan fingerprint density at radius 2 is 2.14 bits per heavy atom. The van der Waals surface area contributed by atoms with Crippen LogP contribution in [-0.2, 0) is 0 Å². The highest BCUT2D eigenvalue weighted by atomic mass is 19.4. The normalized spacial score (nSPS) is 13.4. The molecule has 6 heteroatoms. The van der Waals surface area contributed by atoms with Gasteiger partial charge in [-0.2, -0.15) is 18.4 Å². The number of alkyl halides is 3. The molecular formula is C8H5F3N2O. The van der Waals surface area contributed by atoms with E-state index in [1.807, 2.05) is 0 Å². The lowest BCUT2D eigenvalue weighted by molar-refractivity contribution is -0.206. The third kappa shape index (κ3) is 2.00. The summed E-state index contributed by atoms with van der Waals surface area (Å²) in [5.41, 5.74) is -0.945.